The van der Waals surface area contributed by atoms with Crippen molar-refractivity contribution in [2.45, 2.75) is 19.8 Å². The van der Waals surface area contributed by atoms with E-state index in [9.17, 15) is 4.79 Å². The Kier molecular flexibility index (Phi) is 4.51. The lowest BCUT2D eigenvalue weighted by molar-refractivity contribution is 0.102. The first-order valence-corrected chi connectivity index (χ1v) is 9.22. The topological polar surface area (TPSA) is 45.2 Å². The minimum atomic E-state index is -0.182. The van der Waals surface area contributed by atoms with Gasteiger partial charge in [-0.2, -0.15) is 0 Å². The molecule has 2 heterocycles. The second-order valence-electron chi connectivity index (χ2n) is 6.66. The predicted octanol–water partition coefficient (Wildman–Crippen LogP) is 5.05. The molecule has 0 radical (unpaired) electrons. The van der Waals surface area contributed by atoms with Crippen molar-refractivity contribution in [1.29, 1.82) is 0 Å². The third kappa shape index (κ3) is 3.25. The monoisotopic (exact) mass is 365 g/mol. The maximum absolute atomic E-state index is 12.8. The van der Waals surface area contributed by atoms with Crippen molar-refractivity contribution in [1.82, 2.24) is 4.98 Å². The highest BCUT2D eigenvalue weighted by atomic mass is 35.5. The summed E-state index contributed by atoms with van der Waals surface area (Å²) in [4.78, 5) is 19.5. The Morgan fingerprint density at radius 1 is 1.12 bits per heavy atom. The van der Waals surface area contributed by atoms with Crippen molar-refractivity contribution in [2.75, 3.05) is 23.3 Å². The van der Waals surface area contributed by atoms with Crippen LogP contribution in [0, 0.1) is 6.92 Å². The third-order valence-corrected chi connectivity index (χ3v) is 5.02. The molecule has 0 saturated carbocycles. The van der Waals surface area contributed by atoms with Gasteiger partial charge in [-0.1, -0.05) is 29.8 Å². The summed E-state index contributed by atoms with van der Waals surface area (Å²) < 4.78 is 0. The van der Waals surface area contributed by atoms with Crippen LogP contribution in [0.1, 0.15) is 28.8 Å². The average molecular weight is 366 g/mol. The van der Waals surface area contributed by atoms with Crippen LogP contribution in [0.15, 0.2) is 48.5 Å². The van der Waals surface area contributed by atoms with Crippen LogP contribution in [0.25, 0.3) is 10.9 Å². The van der Waals surface area contributed by atoms with E-state index in [1.54, 1.807) is 6.07 Å². The average Bonchev–Trinajstić information content (AvgIpc) is 3.15. The number of hydrogen-bond donors (Lipinski definition) is 1. The van der Waals surface area contributed by atoms with Crippen LogP contribution < -0.4 is 10.2 Å². The van der Waals surface area contributed by atoms with Gasteiger partial charge in [-0.25, -0.2) is 4.98 Å². The van der Waals surface area contributed by atoms with E-state index in [-0.39, 0.29) is 5.91 Å². The zero-order chi connectivity index (χ0) is 18.1. The fraction of sp³-hybridized carbons (Fsp3) is 0.238. The lowest BCUT2D eigenvalue weighted by atomic mass is 10.1. The number of rotatable bonds is 3. The predicted molar refractivity (Wildman–Crippen MR) is 107 cm³/mol. The molecule has 1 fully saturated rings. The van der Waals surface area contributed by atoms with Crippen LogP contribution in [0.4, 0.5) is 11.4 Å². The Labute approximate surface area is 157 Å². The molecule has 1 amide bonds. The Morgan fingerprint density at radius 3 is 2.65 bits per heavy atom. The largest absolute Gasteiger partial charge is 0.371 e. The van der Waals surface area contributed by atoms with Crippen molar-refractivity contribution in [3.05, 3.63) is 64.8 Å². The number of halogens is 1. The number of fused-ring (bicyclic) bond motifs is 1. The van der Waals surface area contributed by atoms with Crippen molar-refractivity contribution >= 4 is 39.8 Å². The molecule has 4 rings (SSSR count). The number of para-hydroxylation sites is 1. The van der Waals surface area contributed by atoms with E-state index in [0.29, 0.717) is 16.2 Å². The van der Waals surface area contributed by atoms with Crippen molar-refractivity contribution in [3.63, 3.8) is 0 Å². The molecule has 0 spiro atoms. The molecule has 1 N–H and O–H groups in total. The molecule has 4 nitrogen and oxygen atoms in total. The van der Waals surface area contributed by atoms with Gasteiger partial charge in [0, 0.05) is 29.9 Å². The SMILES string of the molecule is Cc1cc(NC(=O)c2cc(Cl)nc3ccccc23)ccc1N1CCCC1. The summed E-state index contributed by atoms with van der Waals surface area (Å²) in [5.41, 5.74) is 4.44. The van der Waals surface area contributed by atoms with Crippen LogP contribution in [-0.4, -0.2) is 24.0 Å². The van der Waals surface area contributed by atoms with Gasteiger partial charge >= 0.3 is 0 Å². The molecule has 0 bridgehead atoms. The zero-order valence-electron chi connectivity index (χ0n) is 14.6. The molecule has 1 aromatic heterocycles. The van der Waals surface area contributed by atoms with E-state index in [2.05, 4.69) is 28.2 Å². The Hall–Kier alpha value is -2.59. The minimum absolute atomic E-state index is 0.182. The van der Waals surface area contributed by atoms with E-state index in [0.717, 1.165) is 24.2 Å². The van der Waals surface area contributed by atoms with E-state index in [1.807, 2.05) is 36.4 Å². The number of aryl methyl sites for hydroxylation is 1. The van der Waals surface area contributed by atoms with Crippen molar-refractivity contribution in [2.24, 2.45) is 0 Å². The summed E-state index contributed by atoms with van der Waals surface area (Å²) in [5.74, 6) is -0.182. The van der Waals surface area contributed by atoms with Gasteiger partial charge in [0.1, 0.15) is 5.15 Å². The summed E-state index contributed by atoms with van der Waals surface area (Å²) in [5, 5.41) is 4.10. The van der Waals surface area contributed by atoms with Gasteiger partial charge in [-0.3, -0.25) is 4.79 Å². The van der Waals surface area contributed by atoms with Gasteiger partial charge in [0.05, 0.1) is 11.1 Å². The van der Waals surface area contributed by atoms with E-state index >= 15 is 0 Å². The molecule has 132 valence electrons. The second kappa shape index (κ2) is 6.96. The summed E-state index contributed by atoms with van der Waals surface area (Å²) >= 11 is 6.09. The number of hydrogen-bond acceptors (Lipinski definition) is 3. The second-order valence-corrected chi connectivity index (χ2v) is 7.05. The molecule has 26 heavy (non-hydrogen) atoms. The first kappa shape index (κ1) is 16.9. The highest BCUT2D eigenvalue weighted by molar-refractivity contribution is 6.30. The summed E-state index contributed by atoms with van der Waals surface area (Å²) in [6.45, 7) is 4.30. The molecule has 1 saturated heterocycles. The van der Waals surface area contributed by atoms with Crippen LogP contribution in [-0.2, 0) is 0 Å². The van der Waals surface area contributed by atoms with Crippen LogP contribution in [0.5, 0.6) is 0 Å². The smallest absolute Gasteiger partial charge is 0.256 e. The highest BCUT2D eigenvalue weighted by Gasteiger charge is 2.16. The van der Waals surface area contributed by atoms with E-state index in [1.165, 1.54) is 24.1 Å². The molecule has 1 aliphatic heterocycles. The van der Waals surface area contributed by atoms with Crippen LogP contribution in [0.3, 0.4) is 0 Å². The lowest BCUT2D eigenvalue weighted by Crippen LogP contribution is -2.19. The Balaban J connectivity index is 1.62. The Bertz CT molecular complexity index is 980. The number of anilines is 2. The van der Waals surface area contributed by atoms with Crippen molar-refractivity contribution in [3.8, 4) is 0 Å². The molecule has 5 heteroatoms. The normalized spacial score (nSPS) is 14.0. The summed E-state index contributed by atoms with van der Waals surface area (Å²) in [7, 11) is 0. The number of nitrogens with one attached hydrogen (secondary N) is 1. The van der Waals surface area contributed by atoms with Crippen LogP contribution in [0.2, 0.25) is 5.15 Å². The number of nitrogens with zero attached hydrogens (tertiary/aromatic N) is 2. The molecule has 2 aromatic carbocycles. The van der Waals surface area contributed by atoms with Gasteiger partial charge in [-0.05, 0) is 55.7 Å². The minimum Gasteiger partial charge on any atom is -0.371 e. The molecule has 1 aliphatic rings. The number of pyridine rings is 1. The number of amides is 1. The number of carbonyl (C=O) groups excluding carboxylic acids is 1. The fourth-order valence-electron chi connectivity index (χ4n) is 3.58. The van der Waals surface area contributed by atoms with Gasteiger partial charge < -0.3 is 10.2 Å². The Morgan fingerprint density at radius 2 is 1.88 bits per heavy atom. The number of carbonyl (C=O) groups is 1. The molecular formula is C21H20ClN3O. The van der Waals surface area contributed by atoms with E-state index in [4.69, 9.17) is 11.6 Å². The maximum atomic E-state index is 12.8. The molecule has 0 aliphatic carbocycles. The summed E-state index contributed by atoms with van der Waals surface area (Å²) in [6, 6.07) is 15.2. The van der Waals surface area contributed by atoms with Gasteiger partial charge in [0.15, 0.2) is 0 Å². The van der Waals surface area contributed by atoms with Gasteiger partial charge in [0.25, 0.3) is 5.91 Å². The molecular weight excluding hydrogens is 346 g/mol. The maximum Gasteiger partial charge on any atom is 0.256 e. The highest BCUT2D eigenvalue weighted by Crippen LogP contribution is 2.27. The third-order valence-electron chi connectivity index (χ3n) is 4.83. The number of benzene rings is 2. The quantitative estimate of drug-likeness (QED) is 0.660. The molecule has 3 aromatic rings. The zero-order valence-corrected chi connectivity index (χ0v) is 15.4. The standard InChI is InChI=1S/C21H20ClN3O/c1-14-12-15(8-9-19(14)25-10-4-5-11-25)23-21(26)17-13-20(22)24-18-7-3-2-6-16(17)18/h2-3,6-9,12-13H,4-5,10-11H2,1H3,(H,23,26). The fourth-order valence-corrected chi connectivity index (χ4v) is 3.78. The number of aromatic nitrogens is 1. The molecule has 0 unspecified atom stereocenters. The van der Waals surface area contributed by atoms with E-state index < -0.39 is 0 Å². The van der Waals surface area contributed by atoms with Crippen LogP contribution >= 0.6 is 11.6 Å². The first-order chi connectivity index (χ1) is 12.6. The first-order valence-electron chi connectivity index (χ1n) is 8.84. The van der Waals surface area contributed by atoms with Gasteiger partial charge in [-0.15, -0.1) is 0 Å². The lowest BCUT2D eigenvalue weighted by Gasteiger charge is -2.20. The summed E-state index contributed by atoms with van der Waals surface area (Å²) in [6.07, 6.45) is 2.49. The van der Waals surface area contributed by atoms with Gasteiger partial charge in [0.2, 0.25) is 0 Å². The van der Waals surface area contributed by atoms with Crippen molar-refractivity contribution < 1.29 is 4.79 Å². The molecule has 0 atom stereocenters.